The maximum absolute atomic E-state index is 4.63. The lowest BCUT2D eigenvalue weighted by Gasteiger charge is -2.14. The van der Waals surface area contributed by atoms with Crippen molar-refractivity contribution in [3.8, 4) is 0 Å². The van der Waals surface area contributed by atoms with Gasteiger partial charge < -0.3 is 0 Å². The molecular weight excluding hydrogens is 184 g/mol. The third-order valence-corrected chi connectivity index (χ3v) is 2.94. The van der Waals surface area contributed by atoms with E-state index in [0.717, 1.165) is 16.7 Å². The minimum Gasteiger partial charge on any atom is -0.255 e. The van der Waals surface area contributed by atoms with Crippen molar-refractivity contribution in [1.82, 2.24) is 9.97 Å². The molecule has 0 radical (unpaired) electrons. The number of hydrogen-bond acceptors (Lipinski definition) is 2. The van der Waals surface area contributed by atoms with Crippen LogP contribution in [0.15, 0.2) is 30.5 Å². The van der Waals surface area contributed by atoms with Gasteiger partial charge in [-0.3, -0.25) is 9.97 Å². The predicted molar refractivity (Wildman–Crippen MR) is 62.8 cm³/mol. The largest absolute Gasteiger partial charge is 0.255 e. The Hall–Kier alpha value is -1.44. The molecule has 0 bridgehead atoms. The lowest BCUT2D eigenvalue weighted by atomic mass is 9.94. The van der Waals surface area contributed by atoms with Gasteiger partial charge >= 0.3 is 0 Å². The highest BCUT2D eigenvalue weighted by Crippen LogP contribution is 2.23. The van der Waals surface area contributed by atoms with E-state index < -0.39 is 0 Å². The molecule has 0 aliphatic carbocycles. The third-order valence-electron chi connectivity index (χ3n) is 2.94. The first kappa shape index (κ1) is 10.1. The van der Waals surface area contributed by atoms with Crippen LogP contribution in [0.25, 0.3) is 11.0 Å². The number of fused-ring (bicyclic) bond motifs is 1. The summed E-state index contributed by atoms with van der Waals surface area (Å²) in [4.78, 5) is 8.90. The summed E-state index contributed by atoms with van der Waals surface area (Å²) in [6, 6.07) is 8.08. The minimum absolute atomic E-state index is 0.495. The number of rotatable bonds is 2. The third kappa shape index (κ3) is 1.99. The monoisotopic (exact) mass is 200 g/mol. The summed E-state index contributed by atoms with van der Waals surface area (Å²) in [5.41, 5.74) is 3.12. The highest BCUT2D eigenvalue weighted by Gasteiger charge is 2.11. The molecular formula is C13H16N2. The highest BCUT2D eigenvalue weighted by molar-refractivity contribution is 5.73. The Kier molecular flexibility index (Phi) is 2.67. The van der Waals surface area contributed by atoms with Crippen molar-refractivity contribution in [1.29, 1.82) is 0 Å². The van der Waals surface area contributed by atoms with Crippen molar-refractivity contribution in [2.24, 2.45) is 5.92 Å². The van der Waals surface area contributed by atoms with Crippen LogP contribution >= 0.6 is 0 Å². The zero-order chi connectivity index (χ0) is 10.8. The fourth-order valence-corrected chi connectivity index (χ4v) is 1.57. The first-order chi connectivity index (χ1) is 7.18. The molecule has 0 saturated carbocycles. The molecule has 0 fully saturated rings. The maximum atomic E-state index is 4.63. The summed E-state index contributed by atoms with van der Waals surface area (Å²) in [5.74, 6) is 1.11. The van der Waals surface area contributed by atoms with E-state index in [1.807, 2.05) is 12.1 Å². The summed E-state index contributed by atoms with van der Waals surface area (Å²) in [6.45, 7) is 6.66. The van der Waals surface area contributed by atoms with E-state index in [4.69, 9.17) is 0 Å². The molecule has 0 aliphatic rings. The van der Waals surface area contributed by atoms with Crippen molar-refractivity contribution in [2.45, 2.75) is 26.7 Å². The topological polar surface area (TPSA) is 25.8 Å². The van der Waals surface area contributed by atoms with E-state index in [1.54, 1.807) is 6.20 Å². The Morgan fingerprint density at radius 3 is 2.53 bits per heavy atom. The fraction of sp³-hybridized carbons (Fsp3) is 0.385. The van der Waals surface area contributed by atoms with Crippen LogP contribution in [0, 0.1) is 5.92 Å². The van der Waals surface area contributed by atoms with Crippen LogP contribution in [0.1, 0.15) is 32.4 Å². The molecule has 0 aliphatic heterocycles. The van der Waals surface area contributed by atoms with Gasteiger partial charge in [-0.05, 0) is 30.2 Å². The predicted octanol–water partition coefficient (Wildman–Crippen LogP) is 3.39. The lowest BCUT2D eigenvalue weighted by Crippen LogP contribution is -2.04. The molecule has 1 atom stereocenters. The Morgan fingerprint density at radius 1 is 1.00 bits per heavy atom. The molecule has 2 heteroatoms. The summed E-state index contributed by atoms with van der Waals surface area (Å²) in [7, 11) is 0. The van der Waals surface area contributed by atoms with Gasteiger partial charge in [0, 0.05) is 17.8 Å². The number of nitrogens with zero attached hydrogens (tertiary/aromatic N) is 2. The van der Waals surface area contributed by atoms with Crippen LogP contribution < -0.4 is 0 Å². The molecule has 0 aromatic carbocycles. The van der Waals surface area contributed by atoms with Crippen LogP contribution in [0.2, 0.25) is 0 Å². The molecule has 1 unspecified atom stereocenters. The second-order valence-corrected chi connectivity index (χ2v) is 4.31. The maximum Gasteiger partial charge on any atom is 0.0890 e. The fourth-order valence-electron chi connectivity index (χ4n) is 1.57. The van der Waals surface area contributed by atoms with Crippen molar-refractivity contribution in [2.75, 3.05) is 0 Å². The van der Waals surface area contributed by atoms with Crippen LogP contribution in [-0.2, 0) is 0 Å². The van der Waals surface area contributed by atoms with E-state index in [1.165, 1.54) is 0 Å². The van der Waals surface area contributed by atoms with E-state index in [0.29, 0.717) is 11.8 Å². The molecule has 0 N–H and O–H groups in total. The molecule has 2 nitrogen and oxygen atoms in total. The summed E-state index contributed by atoms with van der Waals surface area (Å²) in [5, 5.41) is 0. The van der Waals surface area contributed by atoms with Crippen molar-refractivity contribution < 1.29 is 0 Å². The van der Waals surface area contributed by atoms with Gasteiger partial charge in [-0.15, -0.1) is 0 Å². The lowest BCUT2D eigenvalue weighted by molar-refractivity contribution is 0.525. The average Bonchev–Trinajstić information content (AvgIpc) is 2.27. The summed E-state index contributed by atoms with van der Waals surface area (Å²) < 4.78 is 0. The molecule has 2 aromatic rings. The van der Waals surface area contributed by atoms with Crippen LogP contribution in [0.4, 0.5) is 0 Å². The quantitative estimate of drug-likeness (QED) is 0.742. The Morgan fingerprint density at radius 2 is 1.80 bits per heavy atom. The van der Waals surface area contributed by atoms with Gasteiger partial charge in [-0.2, -0.15) is 0 Å². The highest BCUT2D eigenvalue weighted by atomic mass is 14.8. The van der Waals surface area contributed by atoms with Crippen LogP contribution in [0.5, 0.6) is 0 Å². The van der Waals surface area contributed by atoms with Gasteiger partial charge in [-0.1, -0.05) is 20.8 Å². The van der Waals surface area contributed by atoms with Gasteiger partial charge in [-0.25, -0.2) is 0 Å². The van der Waals surface area contributed by atoms with Crippen LogP contribution in [0.3, 0.4) is 0 Å². The van der Waals surface area contributed by atoms with Crippen molar-refractivity contribution in [3.63, 3.8) is 0 Å². The van der Waals surface area contributed by atoms with Crippen molar-refractivity contribution >= 4 is 11.0 Å². The van der Waals surface area contributed by atoms with Gasteiger partial charge in [0.2, 0.25) is 0 Å². The second kappa shape index (κ2) is 3.97. The zero-order valence-electron chi connectivity index (χ0n) is 9.44. The molecule has 2 aromatic heterocycles. The molecule has 15 heavy (non-hydrogen) atoms. The second-order valence-electron chi connectivity index (χ2n) is 4.31. The Balaban J connectivity index is 2.47. The first-order valence-corrected chi connectivity index (χ1v) is 5.40. The standard InChI is InChI=1S/C13H16N2/c1-9(2)10(3)11-6-7-12-13(15-11)5-4-8-14-12/h4-10H,1-3H3. The Bertz CT molecular complexity index is 463. The van der Waals surface area contributed by atoms with Gasteiger partial charge in [0.25, 0.3) is 0 Å². The van der Waals surface area contributed by atoms with E-state index in [2.05, 4.69) is 42.9 Å². The number of aromatic nitrogens is 2. The smallest absolute Gasteiger partial charge is 0.0890 e. The van der Waals surface area contributed by atoms with E-state index in [-0.39, 0.29) is 0 Å². The van der Waals surface area contributed by atoms with Gasteiger partial charge in [0.1, 0.15) is 0 Å². The molecule has 0 saturated heterocycles. The van der Waals surface area contributed by atoms with E-state index >= 15 is 0 Å². The molecule has 2 rings (SSSR count). The van der Waals surface area contributed by atoms with E-state index in [9.17, 15) is 0 Å². The summed E-state index contributed by atoms with van der Waals surface area (Å²) in [6.07, 6.45) is 1.80. The minimum atomic E-state index is 0.495. The molecule has 0 spiro atoms. The molecule has 2 heterocycles. The van der Waals surface area contributed by atoms with Crippen molar-refractivity contribution in [3.05, 3.63) is 36.2 Å². The SMILES string of the molecule is CC(C)C(C)c1ccc2ncccc2n1. The number of pyridine rings is 2. The normalized spacial score (nSPS) is 13.3. The van der Waals surface area contributed by atoms with Crippen LogP contribution in [-0.4, -0.2) is 9.97 Å². The number of hydrogen-bond donors (Lipinski definition) is 0. The summed E-state index contributed by atoms with van der Waals surface area (Å²) >= 11 is 0. The molecule has 0 amide bonds. The van der Waals surface area contributed by atoms with Gasteiger partial charge in [0.05, 0.1) is 11.0 Å². The average molecular weight is 200 g/mol. The first-order valence-electron chi connectivity index (χ1n) is 5.40. The van der Waals surface area contributed by atoms with Gasteiger partial charge in [0.15, 0.2) is 0 Å². The Labute approximate surface area is 90.4 Å². The molecule has 78 valence electrons. The zero-order valence-corrected chi connectivity index (χ0v) is 9.44.